The Labute approximate surface area is 169 Å². The molecule has 0 saturated heterocycles. The average molecular weight is 416 g/mol. The fourth-order valence-corrected chi connectivity index (χ4v) is 4.02. The number of hydrogen-bond donors (Lipinski definition) is 2. The van der Waals surface area contributed by atoms with E-state index in [0.717, 1.165) is 21.0 Å². The molecule has 0 aliphatic rings. The summed E-state index contributed by atoms with van der Waals surface area (Å²) >= 11 is 2.91. The van der Waals surface area contributed by atoms with Crippen molar-refractivity contribution < 1.29 is 14.0 Å². The highest BCUT2D eigenvalue weighted by Crippen LogP contribution is 2.30. The molecule has 3 rings (SSSR count). The van der Waals surface area contributed by atoms with E-state index in [4.69, 9.17) is 0 Å². The first-order valence-electron chi connectivity index (χ1n) is 8.50. The van der Waals surface area contributed by atoms with Crippen molar-refractivity contribution in [2.45, 2.75) is 19.9 Å². The maximum atomic E-state index is 12.9. The first-order valence-corrected chi connectivity index (χ1v) is 10.2. The molecule has 1 aromatic carbocycles. The Morgan fingerprint density at radius 3 is 2.71 bits per heavy atom. The molecule has 144 valence electrons. The summed E-state index contributed by atoms with van der Waals surface area (Å²) in [6, 6.07) is 9.96. The van der Waals surface area contributed by atoms with E-state index in [-0.39, 0.29) is 24.1 Å². The normalized spacial score (nSPS) is 10.9. The van der Waals surface area contributed by atoms with Gasteiger partial charge in [-0.05, 0) is 29.8 Å². The summed E-state index contributed by atoms with van der Waals surface area (Å²) in [7, 11) is 0. The van der Waals surface area contributed by atoms with Gasteiger partial charge < -0.3 is 10.6 Å². The SMILES string of the molecule is CC(=O)NCc1ccc(-c2csc(NC(=O)C/C=C/c3ccc(F)cc3)n2)s1. The summed E-state index contributed by atoms with van der Waals surface area (Å²) in [6.07, 6.45) is 3.70. The van der Waals surface area contributed by atoms with Crippen LogP contribution in [0.2, 0.25) is 0 Å². The minimum atomic E-state index is -0.289. The largest absolute Gasteiger partial charge is 0.351 e. The number of hydrogen-bond acceptors (Lipinski definition) is 5. The highest BCUT2D eigenvalue weighted by Gasteiger charge is 2.09. The monoisotopic (exact) mass is 415 g/mol. The third-order valence-electron chi connectivity index (χ3n) is 3.66. The summed E-state index contributed by atoms with van der Waals surface area (Å²) in [4.78, 5) is 29.5. The maximum absolute atomic E-state index is 12.9. The lowest BCUT2D eigenvalue weighted by atomic mass is 10.2. The average Bonchev–Trinajstić information content (AvgIpc) is 3.31. The van der Waals surface area contributed by atoms with Gasteiger partial charge in [0.1, 0.15) is 5.82 Å². The Bertz CT molecular complexity index is 993. The Kier molecular flexibility index (Phi) is 6.67. The molecule has 2 heterocycles. The second kappa shape index (κ2) is 9.38. The highest BCUT2D eigenvalue weighted by atomic mass is 32.1. The van der Waals surface area contributed by atoms with E-state index in [1.54, 1.807) is 35.6 Å². The Balaban J connectivity index is 1.53. The van der Waals surface area contributed by atoms with Gasteiger partial charge in [-0.25, -0.2) is 9.37 Å². The van der Waals surface area contributed by atoms with E-state index in [9.17, 15) is 14.0 Å². The lowest BCUT2D eigenvalue weighted by Gasteiger charge is -1.98. The molecule has 0 spiro atoms. The van der Waals surface area contributed by atoms with Crippen molar-refractivity contribution in [3.63, 3.8) is 0 Å². The quantitative estimate of drug-likeness (QED) is 0.588. The number of aromatic nitrogens is 1. The fourth-order valence-electron chi connectivity index (χ4n) is 2.31. The van der Waals surface area contributed by atoms with Crippen molar-refractivity contribution in [1.82, 2.24) is 10.3 Å². The van der Waals surface area contributed by atoms with Crippen LogP contribution < -0.4 is 10.6 Å². The van der Waals surface area contributed by atoms with Crippen LogP contribution in [0, 0.1) is 5.82 Å². The number of nitrogens with zero attached hydrogens (tertiary/aromatic N) is 1. The maximum Gasteiger partial charge on any atom is 0.229 e. The second-order valence-corrected chi connectivity index (χ2v) is 7.95. The molecule has 0 radical (unpaired) electrons. The van der Waals surface area contributed by atoms with Crippen LogP contribution in [0.25, 0.3) is 16.6 Å². The van der Waals surface area contributed by atoms with Gasteiger partial charge in [-0.2, -0.15) is 0 Å². The summed E-state index contributed by atoms with van der Waals surface area (Å²) < 4.78 is 12.9. The first kappa shape index (κ1) is 19.9. The number of thiophene rings is 1. The van der Waals surface area contributed by atoms with E-state index in [1.807, 2.05) is 17.5 Å². The van der Waals surface area contributed by atoms with Gasteiger partial charge in [-0.3, -0.25) is 9.59 Å². The van der Waals surface area contributed by atoms with Crippen molar-refractivity contribution in [3.8, 4) is 10.6 Å². The zero-order chi connectivity index (χ0) is 19.9. The number of halogens is 1. The van der Waals surface area contributed by atoms with Gasteiger partial charge >= 0.3 is 0 Å². The van der Waals surface area contributed by atoms with Crippen molar-refractivity contribution in [2.75, 3.05) is 5.32 Å². The van der Waals surface area contributed by atoms with Crippen LogP contribution in [-0.4, -0.2) is 16.8 Å². The molecular weight excluding hydrogens is 397 g/mol. The van der Waals surface area contributed by atoms with E-state index >= 15 is 0 Å². The van der Waals surface area contributed by atoms with Gasteiger partial charge in [0.15, 0.2) is 5.13 Å². The molecule has 0 saturated carbocycles. The number of rotatable bonds is 7. The molecule has 5 nitrogen and oxygen atoms in total. The molecular formula is C20H18FN3O2S2. The molecule has 0 aliphatic carbocycles. The van der Waals surface area contributed by atoms with Crippen LogP contribution in [0.1, 0.15) is 23.8 Å². The molecule has 0 atom stereocenters. The van der Waals surface area contributed by atoms with Crippen molar-refractivity contribution in [2.24, 2.45) is 0 Å². The Morgan fingerprint density at radius 1 is 1.18 bits per heavy atom. The van der Waals surface area contributed by atoms with Crippen LogP contribution in [0.15, 0.2) is 47.9 Å². The topological polar surface area (TPSA) is 71.1 Å². The summed E-state index contributed by atoms with van der Waals surface area (Å²) in [6.45, 7) is 1.98. The van der Waals surface area contributed by atoms with Gasteiger partial charge in [-0.15, -0.1) is 22.7 Å². The van der Waals surface area contributed by atoms with Gasteiger partial charge in [0.2, 0.25) is 11.8 Å². The predicted octanol–water partition coefficient (Wildman–Crippen LogP) is 4.69. The number of carbonyl (C=O) groups excluding carboxylic acids is 2. The van der Waals surface area contributed by atoms with E-state index < -0.39 is 0 Å². The first-order chi connectivity index (χ1) is 13.5. The van der Waals surface area contributed by atoms with Gasteiger partial charge in [-0.1, -0.05) is 24.3 Å². The molecule has 28 heavy (non-hydrogen) atoms. The molecule has 2 N–H and O–H groups in total. The van der Waals surface area contributed by atoms with Gasteiger partial charge in [0, 0.05) is 23.6 Å². The van der Waals surface area contributed by atoms with Crippen LogP contribution in [0.4, 0.5) is 9.52 Å². The van der Waals surface area contributed by atoms with Crippen LogP contribution >= 0.6 is 22.7 Å². The molecule has 0 unspecified atom stereocenters. The number of benzene rings is 1. The predicted molar refractivity (Wildman–Crippen MR) is 112 cm³/mol. The highest BCUT2D eigenvalue weighted by molar-refractivity contribution is 7.17. The second-order valence-electron chi connectivity index (χ2n) is 5.92. The van der Waals surface area contributed by atoms with Crippen LogP contribution in [0.3, 0.4) is 0 Å². The lowest BCUT2D eigenvalue weighted by Crippen LogP contribution is -2.17. The Hall–Kier alpha value is -2.84. The number of carbonyl (C=O) groups is 2. The third-order valence-corrected chi connectivity index (χ3v) is 5.53. The van der Waals surface area contributed by atoms with E-state index in [1.165, 1.54) is 30.4 Å². The molecule has 3 aromatic rings. The van der Waals surface area contributed by atoms with Crippen molar-refractivity contribution in [1.29, 1.82) is 0 Å². The Morgan fingerprint density at radius 2 is 1.96 bits per heavy atom. The van der Waals surface area contributed by atoms with Gasteiger partial charge in [0.25, 0.3) is 0 Å². The number of anilines is 1. The molecule has 8 heteroatoms. The molecule has 0 bridgehead atoms. The van der Waals surface area contributed by atoms with E-state index in [2.05, 4.69) is 15.6 Å². The zero-order valence-corrected chi connectivity index (χ0v) is 16.7. The lowest BCUT2D eigenvalue weighted by molar-refractivity contribution is -0.119. The van der Waals surface area contributed by atoms with Crippen LogP contribution in [0.5, 0.6) is 0 Å². The van der Waals surface area contributed by atoms with Crippen molar-refractivity contribution in [3.05, 3.63) is 64.1 Å². The third kappa shape index (κ3) is 5.83. The minimum absolute atomic E-state index is 0.0675. The smallest absolute Gasteiger partial charge is 0.229 e. The summed E-state index contributed by atoms with van der Waals surface area (Å²) in [5, 5.41) is 7.96. The zero-order valence-electron chi connectivity index (χ0n) is 15.1. The summed E-state index contributed by atoms with van der Waals surface area (Å²) in [5.74, 6) is -0.527. The van der Waals surface area contributed by atoms with Gasteiger partial charge in [0.05, 0.1) is 17.1 Å². The van der Waals surface area contributed by atoms with Crippen molar-refractivity contribution >= 4 is 45.7 Å². The summed E-state index contributed by atoms with van der Waals surface area (Å²) in [5.41, 5.74) is 1.62. The minimum Gasteiger partial charge on any atom is -0.351 e. The number of nitrogens with one attached hydrogen (secondary N) is 2. The molecule has 2 amide bonds. The number of thiazole rings is 1. The number of amides is 2. The molecule has 0 fully saturated rings. The molecule has 2 aromatic heterocycles. The molecule has 0 aliphatic heterocycles. The van der Waals surface area contributed by atoms with Crippen LogP contribution in [-0.2, 0) is 16.1 Å². The van der Waals surface area contributed by atoms with E-state index in [0.29, 0.717) is 11.7 Å². The standard InChI is InChI=1S/C20H18FN3O2S2/c1-13(25)22-11-16-9-10-18(28-16)17-12-27-20(23-17)24-19(26)4-2-3-14-5-7-15(21)8-6-14/h2-3,5-10,12H,4,11H2,1H3,(H,22,25)(H,23,24,26)/b3-2+. The fraction of sp³-hybridized carbons (Fsp3) is 0.150.